The first kappa shape index (κ1) is 88.5. The predicted octanol–water partition coefficient (Wildman–Crippen LogP) is -1.78. The van der Waals surface area contributed by atoms with Crippen LogP contribution in [-0.2, 0) is 76.7 Å². The Morgan fingerprint density at radius 3 is 0.464 bits per heavy atom. The van der Waals surface area contributed by atoms with Gasteiger partial charge in [-0.15, -0.1) is 0 Å². The highest BCUT2D eigenvalue weighted by Crippen LogP contribution is 2.13. The molecule has 0 aliphatic rings. The van der Waals surface area contributed by atoms with Crippen LogP contribution >= 0.6 is 0 Å². The molecule has 552 valence electrons. The minimum absolute atomic E-state index is 0.0334. The molecule has 0 bridgehead atoms. The summed E-state index contributed by atoms with van der Waals surface area (Å²) in [6.45, 7) is 35.3. The van der Waals surface area contributed by atoms with Gasteiger partial charge in [0.05, 0.1) is 0 Å². The van der Waals surface area contributed by atoms with E-state index >= 15 is 0 Å². The highest BCUT2D eigenvalue weighted by atomic mass is 16.2. The molecule has 97 heavy (non-hydrogen) atoms. The molecule has 0 heterocycles. The summed E-state index contributed by atoms with van der Waals surface area (Å²) in [5.41, 5.74) is 5.43. The molecule has 0 aliphatic carbocycles. The normalized spacial score (nSPS) is 16.0. The van der Waals surface area contributed by atoms with Gasteiger partial charge < -0.3 is 85.5 Å². The van der Waals surface area contributed by atoms with Crippen molar-refractivity contribution in [3.63, 3.8) is 0 Å². The molecule has 0 radical (unpaired) electrons. The minimum atomic E-state index is -1.29. The van der Waals surface area contributed by atoms with Crippen molar-refractivity contribution < 1.29 is 76.7 Å². The Morgan fingerprint density at radius 2 is 0.320 bits per heavy atom. The Balaban J connectivity index is 5.90. The average Bonchev–Trinajstić information content (AvgIpc) is 1.08. The number of rotatable bonds is 42. The molecule has 32 heteroatoms. The van der Waals surface area contributed by atoms with E-state index in [-0.39, 0.29) is 74.0 Å². The van der Waals surface area contributed by atoms with Crippen molar-refractivity contribution in [2.45, 2.75) is 281 Å². The van der Waals surface area contributed by atoms with Crippen LogP contribution in [0.2, 0.25) is 0 Å². The number of amides is 16. The van der Waals surface area contributed by atoms with Gasteiger partial charge in [-0.2, -0.15) is 0 Å². The van der Waals surface area contributed by atoms with Crippen molar-refractivity contribution >= 4 is 94.5 Å². The molecular formula is C65H116N16O16. The molecule has 17 N–H and O–H groups in total. The molecule has 0 saturated carbocycles. The first-order chi connectivity index (χ1) is 44.7. The summed E-state index contributed by atoms with van der Waals surface area (Å²) in [4.78, 5) is 211. The van der Waals surface area contributed by atoms with E-state index in [0.29, 0.717) is 0 Å². The van der Waals surface area contributed by atoms with Gasteiger partial charge in [-0.1, -0.05) is 83.1 Å². The number of carbonyl (C=O) groups excluding carboxylic acids is 16. The minimum Gasteiger partial charge on any atom is -0.368 e. The van der Waals surface area contributed by atoms with Crippen LogP contribution in [0, 0.1) is 35.5 Å². The van der Waals surface area contributed by atoms with Crippen molar-refractivity contribution in [1.82, 2.24) is 79.8 Å². The summed E-state index contributed by atoms with van der Waals surface area (Å²) >= 11 is 0. The van der Waals surface area contributed by atoms with E-state index in [4.69, 9.17) is 5.73 Å². The standard InChI is InChI=1S/C65H116N16O16/c1-29(2)23-45(51(66)83)76-56(88)39(17)68-52(84)36(14)72-62(94)47(25-31(5)6)78-57(89)40(18)69-54(86)38(16)73-63(95)48(26-32(7)8)80-59(91)42(20)75-65(97)50(28-34(11)12)81-60(92)43(21)74-64(96)49(27-33(9)10)79-58(90)41(19)70-53(85)37(15)71-61(93)46(24-30(3)4)77-55(87)35(13)67-44(22)82/h29-43,45-50H,23-28H2,1-22H3,(H2,66,83)(H,67,82)(H,68,84)(H,69,86)(H,70,85)(H,71,93)(H,72,94)(H,73,95)(H,74,96)(H,75,97)(H,76,88)(H,77,87)(H,78,89)(H,79,90)(H,80,91)(H,81,92)/t35-,36-,37-,38-,39-,40-,41-,42-,43-,45-,46-,47-,48-,49-,50-/m0/s1. The largest absolute Gasteiger partial charge is 0.368 e. The number of hydrogen-bond donors (Lipinski definition) is 16. The number of hydrogen-bond acceptors (Lipinski definition) is 16. The maximum absolute atomic E-state index is 13.9. The molecule has 0 spiro atoms. The molecule has 0 unspecified atom stereocenters. The number of primary amides is 1. The topological polar surface area (TPSA) is 480 Å². The van der Waals surface area contributed by atoms with Gasteiger partial charge in [-0.3, -0.25) is 76.7 Å². The zero-order valence-electron chi connectivity index (χ0n) is 61.0. The highest BCUT2D eigenvalue weighted by molar-refractivity contribution is 6.00. The van der Waals surface area contributed by atoms with Crippen molar-refractivity contribution in [2.24, 2.45) is 41.2 Å². The van der Waals surface area contributed by atoms with E-state index < -0.39 is 185 Å². The maximum atomic E-state index is 13.9. The molecular weight excluding hydrogens is 1260 g/mol. The van der Waals surface area contributed by atoms with Gasteiger partial charge in [0.1, 0.15) is 90.6 Å². The monoisotopic (exact) mass is 1380 g/mol. The summed E-state index contributed by atoms with van der Waals surface area (Å²) in [5.74, 6) is -12.3. The second-order valence-electron chi connectivity index (χ2n) is 27.8. The predicted molar refractivity (Wildman–Crippen MR) is 362 cm³/mol. The zero-order chi connectivity index (χ0) is 75.2. The van der Waals surface area contributed by atoms with Crippen molar-refractivity contribution in [2.75, 3.05) is 0 Å². The Labute approximate surface area is 571 Å². The second kappa shape index (κ2) is 42.9. The summed E-state index contributed by atoms with van der Waals surface area (Å²) < 4.78 is 0. The lowest BCUT2D eigenvalue weighted by Crippen LogP contribution is -2.60. The van der Waals surface area contributed by atoms with Gasteiger partial charge in [0.15, 0.2) is 0 Å². The van der Waals surface area contributed by atoms with E-state index in [0.717, 1.165) is 0 Å². The van der Waals surface area contributed by atoms with Gasteiger partial charge in [-0.25, -0.2) is 0 Å². The van der Waals surface area contributed by atoms with Crippen LogP contribution in [0.3, 0.4) is 0 Å². The third-order valence-electron chi connectivity index (χ3n) is 14.9. The Hall–Kier alpha value is -8.48. The Bertz CT molecular complexity index is 2740. The fourth-order valence-electron chi connectivity index (χ4n) is 9.49. The smallest absolute Gasteiger partial charge is 0.243 e. The van der Waals surface area contributed by atoms with Crippen LogP contribution in [0.4, 0.5) is 0 Å². The zero-order valence-corrected chi connectivity index (χ0v) is 61.0. The SMILES string of the molecule is CC(=O)N[C@@H](C)C(=O)N[C@@H](CC(C)C)C(=O)N[C@@H](C)C(=O)N[C@@H](C)C(=O)N[C@@H](CC(C)C)C(=O)N[C@@H](C)C(=O)N[C@@H](CC(C)C)C(=O)N[C@@H](C)C(=O)N[C@@H](CC(C)C)C(=O)N[C@@H](C)C(=O)N[C@@H](C)C(=O)N[C@@H](CC(C)C)C(=O)N[C@@H](C)C(=O)N[C@@H](C)C(=O)N[C@@H](CC(C)C)C(N)=O. The van der Waals surface area contributed by atoms with Crippen LogP contribution in [-0.4, -0.2) is 185 Å². The third-order valence-corrected chi connectivity index (χ3v) is 14.9. The molecule has 0 fully saturated rings. The molecule has 0 aliphatic heterocycles. The fraction of sp³-hybridized carbons (Fsp3) is 0.754. The lowest BCUT2D eigenvalue weighted by molar-refractivity contribution is -0.136. The quantitative estimate of drug-likeness (QED) is 0.0321. The summed E-state index contributed by atoms with van der Waals surface area (Å²) in [7, 11) is 0. The Kier molecular flexibility index (Phi) is 39.2. The van der Waals surface area contributed by atoms with Crippen LogP contribution in [0.15, 0.2) is 0 Å². The molecule has 32 nitrogen and oxygen atoms in total. The van der Waals surface area contributed by atoms with Crippen LogP contribution in [0.1, 0.15) is 191 Å². The molecule has 0 aromatic carbocycles. The van der Waals surface area contributed by atoms with Crippen molar-refractivity contribution in [3.05, 3.63) is 0 Å². The van der Waals surface area contributed by atoms with Gasteiger partial charge in [0.25, 0.3) is 0 Å². The molecule has 0 rings (SSSR count). The van der Waals surface area contributed by atoms with Crippen molar-refractivity contribution in [1.29, 1.82) is 0 Å². The molecule has 0 aromatic heterocycles. The van der Waals surface area contributed by atoms with Crippen LogP contribution in [0.25, 0.3) is 0 Å². The first-order valence-corrected chi connectivity index (χ1v) is 33.5. The lowest BCUT2D eigenvalue weighted by Gasteiger charge is -2.27. The number of carbonyl (C=O) groups is 16. The lowest BCUT2D eigenvalue weighted by atomic mass is 10.0. The summed E-state index contributed by atoms with van der Waals surface area (Å²) in [6, 6.07) is -17.6. The van der Waals surface area contributed by atoms with E-state index in [1.165, 1.54) is 69.2 Å². The molecule has 15 atom stereocenters. The Morgan fingerprint density at radius 1 is 0.196 bits per heavy atom. The summed E-state index contributed by atoms with van der Waals surface area (Å²) in [6.07, 6.45) is 0.859. The fourth-order valence-corrected chi connectivity index (χ4v) is 9.49. The number of nitrogens with two attached hydrogens (primary N) is 1. The molecule has 0 aromatic rings. The van der Waals surface area contributed by atoms with Crippen LogP contribution in [0.5, 0.6) is 0 Å². The summed E-state index contributed by atoms with van der Waals surface area (Å²) in [5, 5.41) is 38.3. The number of nitrogens with one attached hydrogen (secondary N) is 15. The van der Waals surface area contributed by atoms with Gasteiger partial charge >= 0.3 is 0 Å². The first-order valence-electron chi connectivity index (χ1n) is 33.5. The van der Waals surface area contributed by atoms with E-state index in [1.54, 1.807) is 55.4 Å². The molecule has 0 saturated heterocycles. The van der Waals surface area contributed by atoms with Crippen LogP contribution < -0.4 is 85.5 Å². The highest BCUT2D eigenvalue weighted by Gasteiger charge is 2.36. The second-order valence-corrected chi connectivity index (χ2v) is 27.8. The van der Waals surface area contributed by atoms with E-state index in [1.807, 2.05) is 27.7 Å². The van der Waals surface area contributed by atoms with Gasteiger partial charge in [0.2, 0.25) is 94.5 Å². The van der Waals surface area contributed by atoms with E-state index in [9.17, 15) is 76.7 Å². The third kappa shape index (κ3) is 34.9. The van der Waals surface area contributed by atoms with Gasteiger partial charge in [-0.05, 0) is 136 Å². The maximum Gasteiger partial charge on any atom is 0.243 e. The molecule has 16 amide bonds. The van der Waals surface area contributed by atoms with Crippen molar-refractivity contribution in [3.8, 4) is 0 Å². The van der Waals surface area contributed by atoms with Gasteiger partial charge in [0, 0.05) is 6.92 Å². The van der Waals surface area contributed by atoms with E-state index in [2.05, 4.69) is 79.8 Å². The average molecular weight is 1380 g/mol.